The van der Waals surface area contributed by atoms with Crippen molar-refractivity contribution < 1.29 is 9.90 Å². The summed E-state index contributed by atoms with van der Waals surface area (Å²) < 4.78 is 0. The van der Waals surface area contributed by atoms with Gasteiger partial charge in [-0.2, -0.15) is 0 Å². The number of unbranched alkanes of at least 4 members (excludes halogenated alkanes) is 3. The van der Waals surface area contributed by atoms with Gasteiger partial charge >= 0.3 is 0 Å². The molecule has 0 unspecified atom stereocenters. The molecular weight excluding hydrogens is 273 g/mol. The van der Waals surface area contributed by atoms with Gasteiger partial charge in [-0.1, -0.05) is 42.1 Å². The Bertz CT molecular complexity index is 376. The molecule has 0 aromatic heterocycles. The average Bonchev–Trinajstić information content (AvgIpc) is 2.33. The highest BCUT2D eigenvalue weighted by molar-refractivity contribution is 6.39. The Kier molecular flexibility index (Phi) is 7.09. The van der Waals surface area contributed by atoms with Gasteiger partial charge in [0, 0.05) is 13.2 Å². The molecule has 0 aliphatic rings. The van der Waals surface area contributed by atoms with Crippen molar-refractivity contribution in [3.63, 3.8) is 0 Å². The van der Waals surface area contributed by atoms with E-state index in [1.807, 2.05) is 0 Å². The Morgan fingerprint density at radius 1 is 1.11 bits per heavy atom. The number of carbonyl (C=O) groups is 1. The van der Waals surface area contributed by atoms with Gasteiger partial charge in [0.25, 0.3) is 5.91 Å². The Balaban J connectivity index is 2.37. The van der Waals surface area contributed by atoms with Crippen LogP contribution >= 0.6 is 23.2 Å². The number of hydrogen-bond donors (Lipinski definition) is 2. The Morgan fingerprint density at radius 2 is 1.72 bits per heavy atom. The second kappa shape index (κ2) is 8.35. The summed E-state index contributed by atoms with van der Waals surface area (Å²) in [6.07, 6.45) is 3.65. The minimum absolute atomic E-state index is 0.224. The van der Waals surface area contributed by atoms with Gasteiger partial charge in [-0.3, -0.25) is 4.79 Å². The second-order valence-corrected chi connectivity index (χ2v) is 4.80. The lowest BCUT2D eigenvalue weighted by Crippen LogP contribution is -2.25. The summed E-state index contributed by atoms with van der Waals surface area (Å²) in [4.78, 5) is 11.9. The number of halogens is 2. The minimum atomic E-state index is -0.243. The predicted molar refractivity (Wildman–Crippen MR) is 74.3 cm³/mol. The van der Waals surface area contributed by atoms with Crippen LogP contribution in [0.2, 0.25) is 10.0 Å². The fraction of sp³-hybridized carbons (Fsp3) is 0.462. The van der Waals surface area contributed by atoms with E-state index in [9.17, 15) is 4.79 Å². The molecule has 5 heteroatoms. The van der Waals surface area contributed by atoms with E-state index in [4.69, 9.17) is 28.3 Å². The molecule has 0 saturated heterocycles. The number of benzene rings is 1. The fourth-order valence-electron chi connectivity index (χ4n) is 1.60. The Morgan fingerprint density at radius 3 is 2.33 bits per heavy atom. The van der Waals surface area contributed by atoms with Crippen molar-refractivity contribution >= 4 is 29.1 Å². The molecule has 3 nitrogen and oxygen atoms in total. The van der Waals surface area contributed by atoms with Crippen LogP contribution in [0.15, 0.2) is 18.2 Å². The molecule has 2 N–H and O–H groups in total. The van der Waals surface area contributed by atoms with Gasteiger partial charge in [-0.25, -0.2) is 0 Å². The van der Waals surface area contributed by atoms with Gasteiger partial charge in [-0.15, -0.1) is 0 Å². The van der Waals surface area contributed by atoms with Gasteiger partial charge in [0.2, 0.25) is 0 Å². The first-order chi connectivity index (χ1) is 8.66. The lowest BCUT2D eigenvalue weighted by molar-refractivity contribution is 0.0953. The van der Waals surface area contributed by atoms with E-state index in [1.54, 1.807) is 18.2 Å². The number of amides is 1. The predicted octanol–water partition coefficient (Wildman–Crippen LogP) is 3.28. The quantitative estimate of drug-likeness (QED) is 0.757. The zero-order valence-corrected chi connectivity index (χ0v) is 11.6. The number of aliphatic hydroxyl groups is 1. The Labute approximate surface area is 117 Å². The van der Waals surface area contributed by atoms with Crippen LogP contribution in [0.25, 0.3) is 0 Å². The van der Waals surface area contributed by atoms with Crippen LogP contribution in [0.5, 0.6) is 0 Å². The van der Waals surface area contributed by atoms with Crippen molar-refractivity contribution in [2.45, 2.75) is 25.7 Å². The summed E-state index contributed by atoms with van der Waals surface area (Å²) in [6, 6.07) is 4.99. The molecule has 1 rings (SSSR count). The molecule has 0 fully saturated rings. The van der Waals surface area contributed by atoms with E-state index in [-0.39, 0.29) is 12.5 Å². The normalized spacial score (nSPS) is 10.4. The summed E-state index contributed by atoms with van der Waals surface area (Å²) in [5, 5.41) is 12.1. The molecule has 1 aromatic rings. The fourth-order valence-corrected chi connectivity index (χ4v) is 2.16. The van der Waals surface area contributed by atoms with E-state index < -0.39 is 0 Å². The van der Waals surface area contributed by atoms with Crippen molar-refractivity contribution in [1.82, 2.24) is 5.32 Å². The number of nitrogens with one attached hydrogen (secondary N) is 1. The number of hydrogen-bond acceptors (Lipinski definition) is 2. The van der Waals surface area contributed by atoms with Gasteiger partial charge in [0.1, 0.15) is 0 Å². The molecule has 1 aromatic carbocycles. The van der Waals surface area contributed by atoms with Gasteiger partial charge in [-0.05, 0) is 25.0 Å². The van der Waals surface area contributed by atoms with Crippen molar-refractivity contribution in [2.24, 2.45) is 0 Å². The maximum absolute atomic E-state index is 11.9. The maximum atomic E-state index is 11.9. The van der Waals surface area contributed by atoms with E-state index in [1.165, 1.54) is 0 Å². The molecule has 100 valence electrons. The van der Waals surface area contributed by atoms with E-state index in [2.05, 4.69) is 5.32 Å². The first kappa shape index (κ1) is 15.3. The Hall–Kier alpha value is -0.770. The van der Waals surface area contributed by atoms with Crippen LogP contribution in [0.3, 0.4) is 0 Å². The molecule has 0 spiro atoms. The molecule has 0 aliphatic heterocycles. The first-order valence-electron chi connectivity index (χ1n) is 6.00. The summed E-state index contributed by atoms with van der Waals surface area (Å²) in [5.74, 6) is -0.243. The zero-order valence-electron chi connectivity index (χ0n) is 10.1. The smallest absolute Gasteiger partial charge is 0.254 e. The monoisotopic (exact) mass is 289 g/mol. The third kappa shape index (κ3) is 4.84. The van der Waals surface area contributed by atoms with Gasteiger partial charge in [0.05, 0.1) is 15.6 Å². The second-order valence-electron chi connectivity index (χ2n) is 3.99. The van der Waals surface area contributed by atoms with Crippen molar-refractivity contribution in [3.05, 3.63) is 33.8 Å². The largest absolute Gasteiger partial charge is 0.396 e. The van der Waals surface area contributed by atoms with Crippen LogP contribution in [-0.4, -0.2) is 24.2 Å². The number of carbonyl (C=O) groups excluding carboxylic acids is 1. The standard InChI is InChI=1S/C13H17Cl2NO2/c14-10-6-5-7-11(15)12(10)13(18)16-8-3-1-2-4-9-17/h5-7,17H,1-4,8-9H2,(H,16,18). The molecule has 0 heterocycles. The van der Waals surface area contributed by atoms with E-state index in [0.29, 0.717) is 22.2 Å². The van der Waals surface area contributed by atoms with E-state index in [0.717, 1.165) is 25.7 Å². The maximum Gasteiger partial charge on any atom is 0.254 e. The third-order valence-electron chi connectivity index (χ3n) is 2.56. The van der Waals surface area contributed by atoms with Crippen LogP contribution < -0.4 is 5.32 Å². The van der Waals surface area contributed by atoms with Crippen LogP contribution in [0.4, 0.5) is 0 Å². The van der Waals surface area contributed by atoms with Crippen LogP contribution in [-0.2, 0) is 0 Å². The molecule has 0 bridgehead atoms. The lowest BCUT2D eigenvalue weighted by atomic mass is 10.2. The molecule has 0 saturated carbocycles. The van der Waals surface area contributed by atoms with E-state index >= 15 is 0 Å². The SMILES string of the molecule is O=C(NCCCCCCO)c1c(Cl)cccc1Cl. The molecule has 1 amide bonds. The lowest BCUT2D eigenvalue weighted by Gasteiger charge is -2.08. The highest BCUT2D eigenvalue weighted by atomic mass is 35.5. The van der Waals surface area contributed by atoms with Crippen molar-refractivity contribution in [2.75, 3.05) is 13.2 Å². The summed E-state index contributed by atoms with van der Waals surface area (Å²) in [5.41, 5.74) is 0.330. The summed E-state index contributed by atoms with van der Waals surface area (Å²) >= 11 is 11.9. The topological polar surface area (TPSA) is 49.3 Å². The minimum Gasteiger partial charge on any atom is -0.396 e. The summed E-state index contributed by atoms with van der Waals surface area (Å²) in [7, 11) is 0. The molecule has 18 heavy (non-hydrogen) atoms. The third-order valence-corrected chi connectivity index (χ3v) is 3.19. The summed E-state index contributed by atoms with van der Waals surface area (Å²) in [6.45, 7) is 0.813. The molecule has 0 radical (unpaired) electrons. The molecular formula is C13H17Cl2NO2. The van der Waals surface area contributed by atoms with Crippen molar-refractivity contribution in [3.8, 4) is 0 Å². The highest BCUT2D eigenvalue weighted by Gasteiger charge is 2.13. The van der Waals surface area contributed by atoms with Crippen molar-refractivity contribution in [1.29, 1.82) is 0 Å². The number of aliphatic hydroxyl groups excluding tert-OH is 1. The zero-order chi connectivity index (χ0) is 13.4. The van der Waals surface area contributed by atoms with Gasteiger partial charge < -0.3 is 10.4 Å². The van der Waals surface area contributed by atoms with Gasteiger partial charge in [0.15, 0.2) is 0 Å². The van der Waals surface area contributed by atoms with Crippen LogP contribution in [0.1, 0.15) is 36.0 Å². The number of rotatable bonds is 7. The highest BCUT2D eigenvalue weighted by Crippen LogP contribution is 2.23. The average molecular weight is 290 g/mol. The molecule has 0 aliphatic carbocycles. The molecule has 0 atom stereocenters. The van der Waals surface area contributed by atoms with Crippen LogP contribution in [0, 0.1) is 0 Å². The first-order valence-corrected chi connectivity index (χ1v) is 6.75.